The van der Waals surface area contributed by atoms with E-state index in [-0.39, 0.29) is 0 Å². The van der Waals surface area contributed by atoms with E-state index < -0.39 is 0 Å². The van der Waals surface area contributed by atoms with E-state index >= 15 is 0 Å². The highest BCUT2D eigenvalue weighted by atomic mass is 15.2. The summed E-state index contributed by atoms with van der Waals surface area (Å²) in [4.78, 5) is 2.07. The van der Waals surface area contributed by atoms with Gasteiger partial charge in [-0.3, -0.25) is 0 Å². The third kappa shape index (κ3) is 3.29. The molecule has 0 amide bonds. The van der Waals surface area contributed by atoms with Gasteiger partial charge in [-0.1, -0.05) is 24.3 Å². The summed E-state index contributed by atoms with van der Waals surface area (Å²) in [6, 6.07) is 12.2. The minimum Gasteiger partial charge on any atom is -0.358 e. The molecule has 0 saturated carbocycles. The molecule has 2 aromatic rings. The van der Waals surface area contributed by atoms with Gasteiger partial charge in [-0.05, 0) is 37.6 Å². The van der Waals surface area contributed by atoms with Gasteiger partial charge in [0.25, 0.3) is 0 Å². The van der Waals surface area contributed by atoms with E-state index in [1.165, 1.54) is 5.56 Å². The lowest BCUT2D eigenvalue weighted by molar-refractivity contribution is 0.778. The molecule has 4 nitrogen and oxygen atoms in total. The zero-order chi connectivity index (χ0) is 13.7. The lowest BCUT2D eigenvalue weighted by Gasteiger charge is -2.17. The number of benzene rings is 1. The molecule has 2 rings (SSSR count). The van der Waals surface area contributed by atoms with Crippen molar-refractivity contribution in [1.29, 1.82) is 0 Å². The number of anilines is 1. The van der Waals surface area contributed by atoms with Crippen molar-refractivity contribution < 1.29 is 0 Å². The Bertz CT molecular complexity index is 522. The van der Waals surface area contributed by atoms with E-state index in [1.54, 1.807) is 0 Å². The van der Waals surface area contributed by atoms with Crippen molar-refractivity contribution in [2.45, 2.75) is 13.3 Å². The molecule has 0 radical (unpaired) electrons. The molecule has 0 aliphatic heterocycles. The van der Waals surface area contributed by atoms with E-state index in [4.69, 9.17) is 5.73 Å². The summed E-state index contributed by atoms with van der Waals surface area (Å²) in [5.41, 5.74) is 8.76. The summed E-state index contributed by atoms with van der Waals surface area (Å²) >= 11 is 0. The third-order valence-electron chi connectivity index (χ3n) is 3.16. The van der Waals surface area contributed by atoms with Crippen LogP contribution in [0.5, 0.6) is 0 Å². The van der Waals surface area contributed by atoms with E-state index in [1.807, 2.05) is 31.3 Å². The monoisotopic (exact) mass is 256 g/mol. The maximum atomic E-state index is 5.51. The maximum Gasteiger partial charge on any atom is 0.151 e. The molecule has 2 N–H and O–H groups in total. The highest BCUT2D eigenvalue weighted by Gasteiger charge is 2.06. The van der Waals surface area contributed by atoms with Gasteiger partial charge >= 0.3 is 0 Å². The van der Waals surface area contributed by atoms with Crippen LogP contribution in [0, 0.1) is 6.92 Å². The van der Waals surface area contributed by atoms with Gasteiger partial charge in [0, 0.05) is 19.2 Å². The Labute approximate surface area is 114 Å². The molecule has 0 saturated heterocycles. The lowest BCUT2D eigenvalue weighted by atomic mass is 10.1. The van der Waals surface area contributed by atoms with Gasteiger partial charge in [0.05, 0.1) is 5.69 Å². The van der Waals surface area contributed by atoms with E-state index in [2.05, 4.69) is 34.2 Å². The standard InChI is InChI=1S/C15H20N4/c1-12-6-3-4-7-13(12)14-8-9-15(18-17-14)19(2)11-5-10-16/h3-4,6-9H,5,10-11,16H2,1-2H3. The van der Waals surface area contributed by atoms with Crippen molar-refractivity contribution in [1.82, 2.24) is 10.2 Å². The van der Waals surface area contributed by atoms with Crippen LogP contribution in [0.1, 0.15) is 12.0 Å². The summed E-state index contributed by atoms with van der Waals surface area (Å²) in [7, 11) is 2.01. The Balaban J connectivity index is 2.17. The molecule has 0 aliphatic rings. The Kier molecular flexibility index (Phi) is 4.47. The summed E-state index contributed by atoms with van der Waals surface area (Å²) in [6.07, 6.45) is 0.956. The molecule has 0 unspecified atom stereocenters. The predicted molar refractivity (Wildman–Crippen MR) is 79.1 cm³/mol. The second-order valence-electron chi connectivity index (χ2n) is 4.66. The number of aromatic nitrogens is 2. The maximum absolute atomic E-state index is 5.51. The number of nitrogens with two attached hydrogens (primary N) is 1. The minimum absolute atomic E-state index is 0.694. The number of nitrogens with zero attached hydrogens (tertiary/aromatic N) is 3. The van der Waals surface area contributed by atoms with Gasteiger partial charge in [-0.2, -0.15) is 0 Å². The first-order valence-electron chi connectivity index (χ1n) is 6.53. The summed E-state index contributed by atoms with van der Waals surface area (Å²) in [5, 5.41) is 8.60. The van der Waals surface area contributed by atoms with Crippen LogP contribution >= 0.6 is 0 Å². The average molecular weight is 256 g/mol. The Morgan fingerprint density at radius 1 is 1.11 bits per heavy atom. The first kappa shape index (κ1) is 13.5. The fourth-order valence-corrected chi connectivity index (χ4v) is 1.98. The largest absolute Gasteiger partial charge is 0.358 e. The van der Waals surface area contributed by atoms with Crippen molar-refractivity contribution in [3.05, 3.63) is 42.0 Å². The zero-order valence-electron chi connectivity index (χ0n) is 11.5. The minimum atomic E-state index is 0.694. The molecule has 0 spiro atoms. The SMILES string of the molecule is Cc1ccccc1-c1ccc(N(C)CCCN)nn1. The number of rotatable bonds is 5. The van der Waals surface area contributed by atoms with Crippen molar-refractivity contribution >= 4 is 5.82 Å². The van der Waals surface area contributed by atoms with Crippen molar-refractivity contribution in [3.8, 4) is 11.3 Å². The van der Waals surface area contributed by atoms with Crippen LogP contribution in [0.15, 0.2) is 36.4 Å². The molecular weight excluding hydrogens is 236 g/mol. The van der Waals surface area contributed by atoms with E-state index in [0.717, 1.165) is 30.0 Å². The van der Waals surface area contributed by atoms with Crippen molar-refractivity contribution in [2.75, 3.05) is 25.0 Å². The fraction of sp³-hybridized carbons (Fsp3) is 0.333. The van der Waals surface area contributed by atoms with E-state index in [0.29, 0.717) is 6.54 Å². The molecule has 1 heterocycles. The van der Waals surface area contributed by atoms with E-state index in [9.17, 15) is 0 Å². The Morgan fingerprint density at radius 2 is 1.89 bits per heavy atom. The topological polar surface area (TPSA) is 55.0 Å². The highest BCUT2D eigenvalue weighted by Crippen LogP contribution is 2.21. The van der Waals surface area contributed by atoms with Crippen LogP contribution in [-0.2, 0) is 0 Å². The van der Waals surface area contributed by atoms with Gasteiger partial charge in [-0.15, -0.1) is 10.2 Å². The molecular formula is C15H20N4. The van der Waals surface area contributed by atoms with Crippen LogP contribution in [-0.4, -0.2) is 30.3 Å². The van der Waals surface area contributed by atoms with Crippen LogP contribution in [0.25, 0.3) is 11.3 Å². The Hall–Kier alpha value is -1.94. The summed E-state index contributed by atoms with van der Waals surface area (Å²) in [5.74, 6) is 0.880. The molecule has 0 atom stereocenters. The van der Waals surface area contributed by atoms with Crippen LogP contribution < -0.4 is 10.6 Å². The van der Waals surface area contributed by atoms with Gasteiger partial charge < -0.3 is 10.6 Å². The second-order valence-corrected chi connectivity index (χ2v) is 4.66. The molecule has 100 valence electrons. The van der Waals surface area contributed by atoms with Crippen LogP contribution in [0.2, 0.25) is 0 Å². The Morgan fingerprint density at radius 3 is 2.53 bits per heavy atom. The van der Waals surface area contributed by atoms with Crippen LogP contribution in [0.3, 0.4) is 0 Å². The number of hydrogen-bond donors (Lipinski definition) is 1. The van der Waals surface area contributed by atoms with Gasteiger partial charge in [0.15, 0.2) is 5.82 Å². The fourth-order valence-electron chi connectivity index (χ4n) is 1.98. The number of aryl methyl sites for hydroxylation is 1. The third-order valence-corrected chi connectivity index (χ3v) is 3.16. The molecule has 1 aromatic carbocycles. The normalized spacial score (nSPS) is 10.5. The quantitative estimate of drug-likeness (QED) is 0.891. The smallest absolute Gasteiger partial charge is 0.151 e. The molecule has 19 heavy (non-hydrogen) atoms. The molecule has 0 aliphatic carbocycles. The summed E-state index contributed by atoms with van der Waals surface area (Å²) in [6.45, 7) is 3.67. The average Bonchev–Trinajstić information content (AvgIpc) is 2.45. The molecule has 0 fully saturated rings. The summed E-state index contributed by atoms with van der Waals surface area (Å²) < 4.78 is 0. The van der Waals surface area contributed by atoms with Crippen LogP contribution in [0.4, 0.5) is 5.82 Å². The van der Waals surface area contributed by atoms with Gasteiger partial charge in [0.1, 0.15) is 0 Å². The first-order valence-corrected chi connectivity index (χ1v) is 6.53. The predicted octanol–water partition coefficient (Wildman–Crippen LogP) is 2.24. The highest BCUT2D eigenvalue weighted by molar-refractivity contribution is 5.63. The van der Waals surface area contributed by atoms with Gasteiger partial charge in [0.2, 0.25) is 0 Å². The van der Waals surface area contributed by atoms with Crippen molar-refractivity contribution in [3.63, 3.8) is 0 Å². The van der Waals surface area contributed by atoms with Gasteiger partial charge in [-0.25, -0.2) is 0 Å². The lowest BCUT2D eigenvalue weighted by Crippen LogP contribution is -2.22. The van der Waals surface area contributed by atoms with Crippen molar-refractivity contribution in [2.24, 2.45) is 5.73 Å². The first-order chi connectivity index (χ1) is 9.22. The number of hydrogen-bond acceptors (Lipinski definition) is 4. The molecule has 1 aromatic heterocycles. The second kappa shape index (κ2) is 6.29. The molecule has 4 heteroatoms. The molecule has 0 bridgehead atoms. The zero-order valence-corrected chi connectivity index (χ0v) is 11.5.